The Labute approximate surface area is 117 Å². The number of thiazole rings is 1. The largest absolute Gasteiger partial charge is 0.340 e. The van der Waals surface area contributed by atoms with Gasteiger partial charge in [-0.05, 0) is 32.4 Å². The van der Waals surface area contributed by atoms with Crippen molar-refractivity contribution in [3.63, 3.8) is 0 Å². The Balaban J connectivity index is 2.05. The topological polar surface area (TPSA) is 53.6 Å². The van der Waals surface area contributed by atoms with E-state index in [-0.39, 0.29) is 6.04 Å². The maximum Gasteiger partial charge on any atom is 0.120 e. The van der Waals surface area contributed by atoms with Crippen LogP contribution in [0, 0.1) is 25.2 Å². The van der Waals surface area contributed by atoms with Gasteiger partial charge in [-0.2, -0.15) is 5.26 Å². The van der Waals surface area contributed by atoms with Crippen LogP contribution in [0.15, 0.2) is 11.4 Å². The molecular formula is C14H18N4S. The summed E-state index contributed by atoms with van der Waals surface area (Å²) in [5.41, 5.74) is 4.06. The lowest BCUT2D eigenvalue weighted by Gasteiger charge is -2.11. The zero-order valence-corrected chi connectivity index (χ0v) is 12.5. The highest BCUT2D eigenvalue weighted by atomic mass is 32.1. The molecule has 0 amide bonds. The van der Waals surface area contributed by atoms with Gasteiger partial charge in [0.1, 0.15) is 16.8 Å². The Hall–Kier alpha value is -1.64. The number of nitriles is 1. The van der Waals surface area contributed by atoms with E-state index >= 15 is 0 Å². The summed E-state index contributed by atoms with van der Waals surface area (Å²) in [6.45, 7) is 6.91. The molecule has 0 saturated carbocycles. The van der Waals surface area contributed by atoms with Crippen LogP contribution >= 0.6 is 11.3 Å². The summed E-state index contributed by atoms with van der Waals surface area (Å²) in [5, 5.41) is 15.6. The minimum Gasteiger partial charge on any atom is -0.340 e. The average molecular weight is 274 g/mol. The summed E-state index contributed by atoms with van der Waals surface area (Å²) in [4.78, 5) is 4.48. The highest BCUT2D eigenvalue weighted by molar-refractivity contribution is 7.09. The van der Waals surface area contributed by atoms with Gasteiger partial charge in [-0.1, -0.05) is 0 Å². The van der Waals surface area contributed by atoms with Gasteiger partial charge >= 0.3 is 0 Å². The zero-order valence-electron chi connectivity index (χ0n) is 11.7. The van der Waals surface area contributed by atoms with Gasteiger partial charge < -0.3 is 9.88 Å². The van der Waals surface area contributed by atoms with E-state index in [9.17, 15) is 0 Å². The molecule has 2 rings (SSSR count). The Morgan fingerprint density at radius 2 is 2.26 bits per heavy atom. The van der Waals surface area contributed by atoms with Crippen molar-refractivity contribution in [2.45, 2.75) is 33.4 Å². The van der Waals surface area contributed by atoms with Crippen LogP contribution in [0.5, 0.6) is 0 Å². The van der Waals surface area contributed by atoms with Crippen molar-refractivity contribution in [3.8, 4) is 6.07 Å². The van der Waals surface area contributed by atoms with Crippen LogP contribution in [0.4, 0.5) is 0 Å². The van der Waals surface area contributed by atoms with Gasteiger partial charge in [-0.3, -0.25) is 0 Å². The molecule has 0 fully saturated rings. The Morgan fingerprint density at radius 1 is 1.53 bits per heavy atom. The van der Waals surface area contributed by atoms with Gasteiger partial charge in [-0.25, -0.2) is 4.98 Å². The van der Waals surface area contributed by atoms with Gasteiger partial charge in [0.15, 0.2) is 0 Å². The molecule has 0 bridgehead atoms. The third kappa shape index (κ3) is 2.86. The molecule has 0 spiro atoms. The lowest BCUT2D eigenvalue weighted by atomic mass is 10.2. The molecule has 0 radical (unpaired) electrons. The number of nitrogens with zero attached hydrogens (tertiary/aromatic N) is 3. The van der Waals surface area contributed by atoms with Gasteiger partial charge in [0, 0.05) is 30.4 Å². The third-order valence-corrected chi connectivity index (χ3v) is 4.51. The maximum absolute atomic E-state index is 9.01. The Morgan fingerprint density at radius 3 is 2.79 bits per heavy atom. The van der Waals surface area contributed by atoms with Gasteiger partial charge in [0.25, 0.3) is 0 Å². The molecule has 0 aliphatic heterocycles. The molecular weight excluding hydrogens is 256 g/mol. The van der Waals surface area contributed by atoms with Crippen molar-refractivity contribution in [3.05, 3.63) is 39.1 Å². The molecule has 2 aromatic rings. The first-order valence-corrected chi connectivity index (χ1v) is 7.11. The predicted molar refractivity (Wildman–Crippen MR) is 77.0 cm³/mol. The first-order valence-electron chi connectivity index (χ1n) is 6.23. The van der Waals surface area contributed by atoms with Crippen molar-refractivity contribution >= 4 is 11.3 Å². The molecule has 2 heterocycles. The maximum atomic E-state index is 9.01. The molecule has 0 aliphatic carbocycles. The number of aryl methyl sites for hydroxylation is 1. The molecule has 4 nitrogen and oxygen atoms in total. The number of nitrogens with one attached hydrogen (secondary N) is 1. The summed E-state index contributed by atoms with van der Waals surface area (Å²) in [6.07, 6.45) is 0. The Kier molecular flexibility index (Phi) is 4.03. The predicted octanol–water partition coefficient (Wildman–Crippen LogP) is 2.82. The molecule has 100 valence electrons. The highest BCUT2D eigenvalue weighted by Gasteiger charge is 2.12. The second-order valence-corrected chi connectivity index (χ2v) is 5.63. The number of hydrogen-bond acceptors (Lipinski definition) is 4. The van der Waals surface area contributed by atoms with Crippen LogP contribution < -0.4 is 5.32 Å². The smallest absolute Gasteiger partial charge is 0.120 e. The van der Waals surface area contributed by atoms with Crippen LogP contribution in [0.25, 0.3) is 0 Å². The number of hydrogen-bond donors (Lipinski definition) is 1. The number of rotatable bonds is 4. The average Bonchev–Trinajstić information content (AvgIpc) is 2.94. The standard InChI is InChI=1S/C14H18N4S/c1-9-8-19-14(17-9)10(2)16-7-12-5-13(6-15)18(4)11(12)3/h5,8,10,16H,7H2,1-4H3. The van der Waals surface area contributed by atoms with Crippen molar-refractivity contribution < 1.29 is 0 Å². The van der Waals surface area contributed by atoms with E-state index in [2.05, 4.69) is 28.7 Å². The van der Waals surface area contributed by atoms with Gasteiger partial charge in [0.2, 0.25) is 0 Å². The van der Waals surface area contributed by atoms with Crippen LogP contribution in [0.2, 0.25) is 0 Å². The number of aromatic nitrogens is 2. The summed E-state index contributed by atoms with van der Waals surface area (Å²) >= 11 is 1.68. The minimum absolute atomic E-state index is 0.226. The van der Waals surface area contributed by atoms with Crippen molar-refractivity contribution in [1.82, 2.24) is 14.9 Å². The minimum atomic E-state index is 0.226. The molecule has 2 aromatic heterocycles. The molecule has 1 unspecified atom stereocenters. The normalized spacial score (nSPS) is 12.4. The second kappa shape index (κ2) is 5.55. The first kappa shape index (κ1) is 13.8. The monoisotopic (exact) mass is 274 g/mol. The fraction of sp³-hybridized carbons (Fsp3) is 0.429. The molecule has 0 aliphatic rings. The summed E-state index contributed by atoms with van der Waals surface area (Å²) in [5.74, 6) is 0. The fourth-order valence-electron chi connectivity index (χ4n) is 1.97. The van der Waals surface area contributed by atoms with Crippen LogP contribution in [0.1, 0.15) is 40.6 Å². The third-order valence-electron chi connectivity index (χ3n) is 3.36. The van der Waals surface area contributed by atoms with Crippen molar-refractivity contribution in [1.29, 1.82) is 5.26 Å². The van der Waals surface area contributed by atoms with E-state index in [1.165, 1.54) is 5.56 Å². The molecule has 1 atom stereocenters. The van der Waals surface area contributed by atoms with Gasteiger partial charge in [-0.15, -0.1) is 11.3 Å². The fourth-order valence-corrected chi connectivity index (χ4v) is 2.80. The highest BCUT2D eigenvalue weighted by Crippen LogP contribution is 2.19. The molecule has 19 heavy (non-hydrogen) atoms. The lowest BCUT2D eigenvalue weighted by Crippen LogP contribution is -2.18. The Bertz CT molecular complexity index is 618. The van der Waals surface area contributed by atoms with Gasteiger partial charge in [0.05, 0.1) is 6.04 Å². The lowest BCUT2D eigenvalue weighted by molar-refractivity contribution is 0.569. The molecule has 0 aromatic carbocycles. The van der Waals surface area contributed by atoms with Crippen LogP contribution in [0.3, 0.4) is 0 Å². The van der Waals surface area contributed by atoms with E-state index < -0.39 is 0 Å². The van der Waals surface area contributed by atoms with E-state index in [0.717, 1.165) is 22.9 Å². The quantitative estimate of drug-likeness (QED) is 0.932. The SMILES string of the molecule is Cc1csc(C(C)NCc2cc(C#N)n(C)c2C)n1. The molecule has 5 heteroatoms. The van der Waals surface area contributed by atoms with Crippen LogP contribution in [-0.4, -0.2) is 9.55 Å². The van der Waals surface area contributed by atoms with Crippen molar-refractivity contribution in [2.24, 2.45) is 7.05 Å². The zero-order chi connectivity index (χ0) is 14.0. The first-order chi connectivity index (χ1) is 9.02. The summed E-state index contributed by atoms with van der Waals surface area (Å²) in [7, 11) is 1.92. The molecule has 0 saturated heterocycles. The van der Waals surface area contributed by atoms with E-state index in [1.807, 2.05) is 31.5 Å². The van der Waals surface area contributed by atoms with Crippen molar-refractivity contribution in [2.75, 3.05) is 0 Å². The van der Waals surface area contributed by atoms with E-state index in [4.69, 9.17) is 5.26 Å². The van der Waals surface area contributed by atoms with Crippen LogP contribution in [-0.2, 0) is 13.6 Å². The van der Waals surface area contributed by atoms with E-state index in [1.54, 1.807) is 11.3 Å². The second-order valence-electron chi connectivity index (χ2n) is 4.74. The molecule has 1 N–H and O–H groups in total. The van der Waals surface area contributed by atoms with E-state index in [0.29, 0.717) is 5.69 Å². The summed E-state index contributed by atoms with van der Waals surface area (Å²) in [6, 6.07) is 4.38. The summed E-state index contributed by atoms with van der Waals surface area (Å²) < 4.78 is 1.93.